The lowest BCUT2D eigenvalue weighted by Crippen LogP contribution is -2.27. The summed E-state index contributed by atoms with van der Waals surface area (Å²) in [6.07, 6.45) is 4.78. The fourth-order valence-corrected chi connectivity index (χ4v) is 4.24. The van der Waals surface area contributed by atoms with Crippen molar-refractivity contribution in [1.82, 2.24) is 0 Å². The van der Waals surface area contributed by atoms with Gasteiger partial charge in [-0.15, -0.1) is 18.5 Å². The highest BCUT2D eigenvalue weighted by Gasteiger charge is 2.38. The van der Waals surface area contributed by atoms with Crippen molar-refractivity contribution in [2.45, 2.75) is 31.3 Å². The summed E-state index contributed by atoms with van der Waals surface area (Å²) < 4.78 is 24.1. The third-order valence-corrected chi connectivity index (χ3v) is 5.73. The van der Waals surface area contributed by atoms with Gasteiger partial charge in [-0.2, -0.15) is 0 Å². The molecule has 134 valence electrons. The predicted octanol–water partition coefficient (Wildman–Crippen LogP) is 3.42. The Balaban J connectivity index is 1.96. The molecular weight excluding hydrogens is 354 g/mol. The molecule has 0 N–H and O–H groups in total. The maximum atomic E-state index is 6.15. The third kappa shape index (κ3) is 3.15. The molecule has 1 aromatic carbocycles. The van der Waals surface area contributed by atoms with Crippen LogP contribution < -0.4 is 14.8 Å². The first-order chi connectivity index (χ1) is 12.1. The Bertz CT molecular complexity index is 752. The molecule has 2 heterocycles. The molecule has 1 aromatic rings. The van der Waals surface area contributed by atoms with Gasteiger partial charge in [0, 0.05) is 29.1 Å². The van der Waals surface area contributed by atoms with Gasteiger partial charge in [0.2, 0.25) is 0 Å². The molecule has 1 fully saturated rings. The van der Waals surface area contributed by atoms with Crippen LogP contribution in [0, 0.1) is 0 Å². The Hall–Kier alpha value is -1.24. The van der Waals surface area contributed by atoms with Gasteiger partial charge in [-0.25, -0.2) is 0 Å². The summed E-state index contributed by atoms with van der Waals surface area (Å²) in [5, 5.41) is 0.914. The number of benzene rings is 1. The standard InChI is InChI=1S/C19H24O4P2/c1-19(25)7-6-13-18(23-11-3-9-21-13)16(19)15-14(24)5-4-12-17(15)22-10-2-8-20-12/h4-6H,2-3,7-11,24-25H2,1H3. The van der Waals surface area contributed by atoms with Gasteiger partial charge < -0.3 is 18.9 Å². The van der Waals surface area contributed by atoms with Crippen molar-refractivity contribution in [1.29, 1.82) is 0 Å². The molecule has 6 heteroatoms. The highest BCUT2D eigenvalue weighted by atomic mass is 31.0. The molecule has 25 heavy (non-hydrogen) atoms. The van der Waals surface area contributed by atoms with E-state index in [0.717, 1.165) is 58.7 Å². The van der Waals surface area contributed by atoms with E-state index < -0.39 is 0 Å². The van der Waals surface area contributed by atoms with Crippen molar-refractivity contribution >= 4 is 29.4 Å². The van der Waals surface area contributed by atoms with Gasteiger partial charge in [0.1, 0.15) is 0 Å². The molecular formula is C19H24O4P2. The maximum absolute atomic E-state index is 6.15. The van der Waals surface area contributed by atoms with E-state index in [2.05, 4.69) is 37.5 Å². The molecule has 0 radical (unpaired) electrons. The Labute approximate surface area is 153 Å². The summed E-state index contributed by atoms with van der Waals surface area (Å²) in [6, 6.07) is 4.05. The minimum atomic E-state index is -0.164. The van der Waals surface area contributed by atoms with Gasteiger partial charge in [0.25, 0.3) is 0 Å². The van der Waals surface area contributed by atoms with Gasteiger partial charge in [-0.3, -0.25) is 0 Å². The summed E-state index contributed by atoms with van der Waals surface area (Å²) in [7, 11) is 5.83. The van der Waals surface area contributed by atoms with Crippen LogP contribution in [0.2, 0.25) is 0 Å². The molecule has 4 nitrogen and oxygen atoms in total. The van der Waals surface area contributed by atoms with Crippen LogP contribution in [0.3, 0.4) is 0 Å². The second-order valence-electron chi connectivity index (χ2n) is 6.85. The lowest BCUT2D eigenvalue weighted by Gasteiger charge is -2.34. The van der Waals surface area contributed by atoms with E-state index in [1.807, 2.05) is 6.07 Å². The molecule has 0 amide bonds. The molecule has 3 aliphatic rings. The van der Waals surface area contributed by atoms with Crippen LogP contribution in [-0.4, -0.2) is 31.6 Å². The molecule has 3 unspecified atom stereocenters. The van der Waals surface area contributed by atoms with E-state index in [1.165, 1.54) is 0 Å². The summed E-state index contributed by atoms with van der Waals surface area (Å²) in [6.45, 7) is 4.90. The molecule has 1 saturated heterocycles. The zero-order chi connectivity index (χ0) is 17.4. The normalized spacial score (nSPS) is 25.8. The Morgan fingerprint density at radius 1 is 0.960 bits per heavy atom. The quantitative estimate of drug-likeness (QED) is 0.702. The summed E-state index contributed by atoms with van der Waals surface area (Å²) >= 11 is 0. The van der Waals surface area contributed by atoms with Crippen LogP contribution in [0.1, 0.15) is 31.7 Å². The third-order valence-electron chi connectivity index (χ3n) is 4.72. The van der Waals surface area contributed by atoms with Gasteiger partial charge in [-0.05, 0) is 23.9 Å². The van der Waals surface area contributed by atoms with E-state index in [4.69, 9.17) is 18.9 Å². The average molecular weight is 378 g/mol. The second-order valence-corrected chi connectivity index (χ2v) is 8.75. The largest absolute Gasteiger partial charge is 0.490 e. The van der Waals surface area contributed by atoms with Gasteiger partial charge in [0.15, 0.2) is 23.0 Å². The zero-order valence-corrected chi connectivity index (χ0v) is 16.8. The van der Waals surface area contributed by atoms with Crippen molar-refractivity contribution in [3.05, 3.63) is 35.3 Å². The van der Waals surface area contributed by atoms with Crippen LogP contribution in [-0.2, 0) is 9.47 Å². The summed E-state index contributed by atoms with van der Waals surface area (Å²) in [5.74, 6) is 3.31. The SMILES string of the molecule is CC1(P)CC=C2OCCCOC2=C1c1c(P)ccc2c1OCCCO2. The van der Waals surface area contributed by atoms with Crippen LogP contribution in [0.25, 0.3) is 5.57 Å². The highest BCUT2D eigenvalue weighted by Crippen LogP contribution is 2.50. The monoisotopic (exact) mass is 378 g/mol. The number of rotatable bonds is 1. The van der Waals surface area contributed by atoms with Crippen LogP contribution in [0.5, 0.6) is 11.5 Å². The van der Waals surface area contributed by atoms with E-state index in [-0.39, 0.29) is 5.16 Å². The van der Waals surface area contributed by atoms with Crippen molar-refractivity contribution in [3.63, 3.8) is 0 Å². The average Bonchev–Trinajstić information content (AvgIpc) is 2.95. The molecule has 2 aliphatic heterocycles. The van der Waals surface area contributed by atoms with Gasteiger partial charge in [-0.1, -0.05) is 13.0 Å². The molecule has 4 rings (SSSR count). The molecule has 0 bridgehead atoms. The Morgan fingerprint density at radius 2 is 1.68 bits per heavy atom. The van der Waals surface area contributed by atoms with E-state index in [0.29, 0.717) is 26.4 Å². The lowest BCUT2D eigenvalue weighted by atomic mass is 9.84. The molecule has 3 atom stereocenters. The van der Waals surface area contributed by atoms with Crippen LogP contribution in [0.4, 0.5) is 0 Å². The minimum absolute atomic E-state index is 0.164. The Kier molecular flexibility index (Phi) is 4.69. The topological polar surface area (TPSA) is 36.9 Å². The molecule has 0 saturated carbocycles. The number of ether oxygens (including phenoxy) is 4. The number of allylic oxidation sites excluding steroid dienone is 2. The van der Waals surface area contributed by atoms with Crippen LogP contribution in [0.15, 0.2) is 29.7 Å². The van der Waals surface area contributed by atoms with Crippen molar-refractivity contribution in [2.24, 2.45) is 0 Å². The molecule has 0 spiro atoms. The summed E-state index contributed by atoms with van der Waals surface area (Å²) in [4.78, 5) is 0. The van der Waals surface area contributed by atoms with E-state index >= 15 is 0 Å². The van der Waals surface area contributed by atoms with E-state index in [1.54, 1.807) is 0 Å². The number of hydrogen-bond donors (Lipinski definition) is 0. The summed E-state index contributed by atoms with van der Waals surface area (Å²) in [5.41, 5.74) is 2.16. The number of fused-ring (bicyclic) bond motifs is 2. The maximum Gasteiger partial charge on any atom is 0.169 e. The van der Waals surface area contributed by atoms with Crippen molar-refractivity contribution in [3.8, 4) is 11.5 Å². The molecule has 1 aliphatic carbocycles. The van der Waals surface area contributed by atoms with Gasteiger partial charge in [0.05, 0.1) is 26.4 Å². The fourth-order valence-electron chi connectivity index (χ4n) is 3.47. The zero-order valence-electron chi connectivity index (χ0n) is 14.5. The molecule has 0 aromatic heterocycles. The fraction of sp³-hybridized carbons (Fsp3) is 0.474. The highest BCUT2D eigenvalue weighted by molar-refractivity contribution is 7.27. The Morgan fingerprint density at radius 3 is 2.52 bits per heavy atom. The number of hydrogen-bond acceptors (Lipinski definition) is 4. The second kappa shape index (κ2) is 6.82. The first-order valence-electron chi connectivity index (χ1n) is 8.76. The predicted molar refractivity (Wildman–Crippen MR) is 106 cm³/mol. The van der Waals surface area contributed by atoms with Crippen molar-refractivity contribution in [2.75, 3.05) is 26.4 Å². The van der Waals surface area contributed by atoms with E-state index in [9.17, 15) is 0 Å². The van der Waals surface area contributed by atoms with Gasteiger partial charge >= 0.3 is 0 Å². The minimum Gasteiger partial charge on any atom is -0.490 e. The lowest BCUT2D eigenvalue weighted by molar-refractivity contribution is 0.216. The first-order valence-corrected chi connectivity index (χ1v) is 9.91. The van der Waals surface area contributed by atoms with Crippen molar-refractivity contribution < 1.29 is 18.9 Å². The van der Waals surface area contributed by atoms with Crippen LogP contribution >= 0.6 is 18.5 Å². The first kappa shape index (κ1) is 17.2. The smallest absolute Gasteiger partial charge is 0.169 e.